The van der Waals surface area contributed by atoms with Crippen LogP contribution in [0.4, 0.5) is 0 Å². The zero-order chi connectivity index (χ0) is 30.7. The number of aliphatic hydroxyl groups is 1. The Morgan fingerprint density at radius 1 is 0.283 bits per heavy atom. The van der Waals surface area contributed by atoms with Crippen molar-refractivity contribution in [1.29, 1.82) is 0 Å². The molecule has 0 bridgehead atoms. The summed E-state index contributed by atoms with van der Waals surface area (Å²) >= 11 is 0. The molecule has 1 aliphatic rings. The third-order valence-corrected chi connectivity index (χ3v) is 9.72. The maximum Gasteiger partial charge on any atom is 0.142 e. The fraction of sp³-hybridized carbons (Fsp3) is 0.0222. The van der Waals surface area contributed by atoms with Gasteiger partial charge in [-0.3, -0.25) is 0 Å². The molecule has 8 aromatic rings. The second-order valence-corrected chi connectivity index (χ2v) is 12.1. The van der Waals surface area contributed by atoms with Gasteiger partial charge < -0.3 is 5.11 Å². The van der Waals surface area contributed by atoms with Crippen molar-refractivity contribution in [2.75, 3.05) is 0 Å². The average Bonchev–Trinajstić information content (AvgIpc) is 3.40. The van der Waals surface area contributed by atoms with E-state index in [-0.39, 0.29) is 0 Å². The Hall–Kier alpha value is -5.76. The van der Waals surface area contributed by atoms with E-state index in [1.807, 2.05) is 18.2 Å². The summed E-state index contributed by atoms with van der Waals surface area (Å²) in [7, 11) is 0. The number of hydrogen-bond acceptors (Lipinski definition) is 1. The second kappa shape index (κ2) is 10.4. The van der Waals surface area contributed by atoms with Gasteiger partial charge in [0.15, 0.2) is 0 Å². The van der Waals surface area contributed by atoms with E-state index < -0.39 is 5.60 Å². The zero-order valence-electron chi connectivity index (χ0n) is 25.2. The van der Waals surface area contributed by atoms with E-state index >= 15 is 0 Å². The SMILES string of the molecule is OC1(c2ccccc2-c2c3ccccc3c(-c3ccc(-c4ccccc4)cc3)c3ccccc23)c2ccccc2-c2ccccc21. The fourth-order valence-electron chi connectivity index (χ4n) is 7.71. The molecule has 1 nitrogen and oxygen atoms in total. The predicted molar refractivity (Wildman–Crippen MR) is 192 cm³/mol. The standard InChI is InChI=1S/C45H30O/c46-45(40-23-11-8-16-33(40)34-17-9-12-24-41(34)45)42-25-13-10-22-39(42)44-37-20-6-4-18-35(37)43(36-19-5-7-21-38(36)44)32-28-26-31(27-29-32)30-14-2-1-3-15-30/h1-29,46H. The fourth-order valence-corrected chi connectivity index (χ4v) is 7.71. The molecule has 0 atom stereocenters. The molecule has 1 aliphatic carbocycles. The summed E-state index contributed by atoms with van der Waals surface area (Å²) < 4.78 is 0. The minimum atomic E-state index is -1.29. The van der Waals surface area contributed by atoms with Crippen LogP contribution in [0.2, 0.25) is 0 Å². The molecule has 1 heteroatoms. The highest BCUT2D eigenvalue weighted by atomic mass is 16.3. The van der Waals surface area contributed by atoms with Crippen molar-refractivity contribution in [3.63, 3.8) is 0 Å². The third-order valence-electron chi connectivity index (χ3n) is 9.72. The molecule has 1 N–H and O–H groups in total. The second-order valence-electron chi connectivity index (χ2n) is 12.1. The van der Waals surface area contributed by atoms with Crippen LogP contribution in [0.5, 0.6) is 0 Å². The maximum atomic E-state index is 13.0. The molecule has 8 aromatic carbocycles. The zero-order valence-corrected chi connectivity index (χ0v) is 25.2. The number of benzene rings is 8. The van der Waals surface area contributed by atoms with Gasteiger partial charge in [-0.2, -0.15) is 0 Å². The highest BCUT2D eigenvalue weighted by Gasteiger charge is 2.44. The maximum absolute atomic E-state index is 13.0. The van der Waals surface area contributed by atoms with Crippen molar-refractivity contribution < 1.29 is 5.11 Å². The van der Waals surface area contributed by atoms with Crippen LogP contribution in [0.15, 0.2) is 176 Å². The summed E-state index contributed by atoms with van der Waals surface area (Å²) in [5.74, 6) is 0. The molecule has 0 fully saturated rings. The van der Waals surface area contributed by atoms with Gasteiger partial charge in [-0.15, -0.1) is 0 Å². The van der Waals surface area contributed by atoms with Crippen LogP contribution >= 0.6 is 0 Å². The van der Waals surface area contributed by atoms with E-state index in [9.17, 15) is 5.11 Å². The molecule has 0 heterocycles. The van der Waals surface area contributed by atoms with Crippen LogP contribution in [0.25, 0.3) is 66.1 Å². The number of rotatable bonds is 4. The lowest BCUT2D eigenvalue weighted by molar-refractivity contribution is 0.131. The topological polar surface area (TPSA) is 20.2 Å². The molecule has 0 radical (unpaired) electrons. The van der Waals surface area contributed by atoms with Crippen molar-refractivity contribution in [1.82, 2.24) is 0 Å². The summed E-state index contributed by atoms with van der Waals surface area (Å²) in [4.78, 5) is 0. The monoisotopic (exact) mass is 586 g/mol. The Morgan fingerprint density at radius 3 is 1.15 bits per heavy atom. The molecule has 0 aliphatic heterocycles. The normalized spacial score (nSPS) is 13.1. The van der Waals surface area contributed by atoms with E-state index in [1.165, 1.54) is 43.8 Å². The van der Waals surface area contributed by atoms with E-state index in [0.29, 0.717) is 0 Å². The molecule has 46 heavy (non-hydrogen) atoms. The van der Waals surface area contributed by atoms with E-state index in [4.69, 9.17) is 0 Å². The first-order valence-corrected chi connectivity index (χ1v) is 15.8. The van der Waals surface area contributed by atoms with Crippen LogP contribution in [-0.4, -0.2) is 5.11 Å². The quantitative estimate of drug-likeness (QED) is 0.203. The minimum absolute atomic E-state index is 0.891. The molecule has 0 saturated heterocycles. The van der Waals surface area contributed by atoms with Gasteiger partial charge in [-0.05, 0) is 66.1 Å². The molecule has 0 spiro atoms. The van der Waals surface area contributed by atoms with Crippen LogP contribution in [-0.2, 0) is 5.60 Å². The molecule has 9 rings (SSSR count). The van der Waals surface area contributed by atoms with E-state index in [2.05, 4.69) is 158 Å². The Labute approximate surface area is 268 Å². The Bertz CT molecular complexity index is 2320. The summed E-state index contributed by atoms with van der Waals surface area (Å²) in [5.41, 5.74) is 10.6. The molecule has 0 saturated carbocycles. The summed E-state index contributed by atoms with van der Waals surface area (Å²) in [5, 5.41) is 17.7. The van der Waals surface area contributed by atoms with Crippen LogP contribution < -0.4 is 0 Å². The number of fused-ring (bicyclic) bond motifs is 5. The summed E-state index contributed by atoms with van der Waals surface area (Å²) in [6.45, 7) is 0. The van der Waals surface area contributed by atoms with Crippen LogP contribution in [0.3, 0.4) is 0 Å². The summed E-state index contributed by atoms with van der Waals surface area (Å²) in [6.07, 6.45) is 0. The van der Waals surface area contributed by atoms with Crippen LogP contribution in [0.1, 0.15) is 16.7 Å². The van der Waals surface area contributed by atoms with E-state index in [0.717, 1.165) is 38.9 Å². The van der Waals surface area contributed by atoms with Crippen LogP contribution in [0, 0.1) is 0 Å². The van der Waals surface area contributed by atoms with Gasteiger partial charge in [-0.25, -0.2) is 0 Å². The van der Waals surface area contributed by atoms with Crippen molar-refractivity contribution in [2.45, 2.75) is 5.60 Å². The average molecular weight is 587 g/mol. The van der Waals surface area contributed by atoms with E-state index in [1.54, 1.807) is 0 Å². The van der Waals surface area contributed by atoms with Gasteiger partial charge in [0.25, 0.3) is 0 Å². The van der Waals surface area contributed by atoms with Gasteiger partial charge >= 0.3 is 0 Å². The molecule has 216 valence electrons. The largest absolute Gasteiger partial charge is 0.376 e. The van der Waals surface area contributed by atoms with Crippen molar-refractivity contribution in [3.05, 3.63) is 193 Å². The molecular weight excluding hydrogens is 556 g/mol. The van der Waals surface area contributed by atoms with Crippen molar-refractivity contribution in [2.24, 2.45) is 0 Å². The highest BCUT2D eigenvalue weighted by molar-refractivity contribution is 6.21. The van der Waals surface area contributed by atoms with Gasteiger partial charge in [0.1, 0.15) is 5.60 Å². The van der Waals surface area contributed by atoms with Gasteiger partial charge in [0.2, 0.25) is 0 Å². The Morgan fingerprint density at radius 2 is 0.630 bits per heavy atom. The Kier molecular flexibility index (Phi) is 6.03. The third kappa shape index (κ3) is 3.86. The molecule has 0 unspecified atom stereocenters. The Balaban J connectivity index is 1.32. The van der Waals surface area contributed by atoms with Gasteiger partial charge in [0.05, 0.1) is 0 Å². The predicted octanol–water partition coefficient (Wildman–Crippen LogP) is 11.3. The lowest BCUT2D eigenvalue weighted by atomic mass is 9.78. The lowest BCUT2D eigenvalue weighted by Gasteiger charge is -2.30. The number of hydrogen-bond donors (Lipinski definition) is 1. The van der Waals surface area contributed by atoms with Gasteiger partial charge in [0, 0.05) is 16.7 Å². The molecule has 0 aromatic heterocycles. The minimum Gasteiger partial charge on any atom is -0.376 e. The molecule has 0 amide bonds. The smallest absolute Gasteiger partial charge is 0.142 e. The van der Waals surface area contributed by atoms with Crippen molar-refractivity contribution in [3.8, 4) is 44.5 Å². The van der Waals surface area contributed by atoms with Gasteiger partial charge in [-0.1, -0.05) is 176 Å². The molecular formula is C45H30O. The first-order valence-electron chi connectivity index (χ1n) is 15.8. The summed E-state index contributed by atoms with van der Waals surface area (Å²) in [6, 6.07) is 61.9. The first-order chi connectivity index (χ1) is 22.7. The highest BCUT2D eigenvalue weighted by Crippen LogP contribution is 2.54. The van der Waals surface area contributed by atoms with Crippen molar-refractivity contribution >= 4 is 21.5 Å². The first kappa shape index (κ1) is 26.6. The lowest BCUT2D eigenvalue weighted by Crippen LogP contribution is -2.27.